The van der Waals surface area contributed by atoms with Crippen LogP contribution in [0.25, 0.3) is 16.6 Å². The van der Waals surface area contributed by atoms with Gasteiger partial charge in [-0.1, -0.05) is 41.9 Å². The monoisotopic (exact) mass is 602 g/mol. The van der Waals surface area contributed by atoms with Crippen molar-refractivity contribution < 1.29 is 18.0 Å². The summed E-state index contributed by atoms with van der Waals surface area (Å²) in [6.07, 6.45) is 5.33. The van der Waals surface area contributed by atoms with Crippen LogP contribution in [0, 0.1) is 0 Å². The number of nitrogens with zero attached hydrogens (tertiary/aromatic N) is 2. The van der Waals surface area contributed by atoms with Crippen molar-refractivity contribution in [1.29, 1.82) is 0 Å². The molecule has 4 aromatic rings. The van der Waals surface area contributed by atoms with Crippen LogP contribution in [0.2, 0.25) is 5.02 Å². The minimum atomic E-state index is -4.10. The molecule has 0 atom stereocenters. The number of nitrogens with one attached hydrogen (secondary N) is 2. The summed E-state index contributed by atoms with van der Waals surface area (Å²) in [6, 6.07) is 19.9. The highest BCUT2D eigenvalue weighted by molar-refractivity contribution is 7.90. The minimum Gasteiger partial charge on any atom is -0.340 e. The first-order valence-electron chi connectivity index (χ1n) is 14.3. The van der Waals surface area contributed by atoms with E-state index >= 15 is 0 Å². The number of carbonyl (C=O) groups is 2. The lowest BCUT2D eigenvalue weighted by atomic mass is 10.0. The van der Waals surface area contributed by atoms with Gasteiger partial charge in [0.25, 0.3) is 15.9 Å². The molecule has 2 aliphatic carbocycles. The molecule has 2 heterocycles. The Morgan fingerprint density at radius 1 is 1.05 bits per heavy atom. The van der Waals surface area contributed by atoms with Gasteiger partial charge < -0.3 is 14.8 Å². The first kappa shape index (κ1) is 27.0. The standard InChI is InChI=1S/C32H31ClN4O4S/c1-36-17-14-24-25-18-22(21-8-9-21)10-13-27(25)37(29(24)30(36)38)23-11-6-20(7-12-23)19-32(15-16-32)34-31(39)35-42(40,41)28-5-3-2-4-26(28)33/h2-7,10-13,18,21H,8-9,14-17,19H2,1H3,(H2,34,35,39). The number of hydrogen-bond donors (Lipinski definition) is 2. The summed E-state index contributed by atoms with van der Waals surface area (Å²) in [7, 11) is -2.25. The molecular formula is C32H31ClN4O4S. The summed E-state index contributed by atoms with van der Waals surface area (Å²) < 4.78 is 29.5. The Balaban J connectivity index is 1.12. The van der Waals surface area contributed by atoms with E-state index in [4.69, 9.17) is 11.6 Å². The second-order valence-corrected chi connectivity index (χ2v) is 13.9. The lowest BCUT2D eigenvalue weighted by Crippen LogP contribution is -2.46. The summed E-state index contributed by atoms with van der Waals surface area (Å²) in [6.45, 7) is 0.708. The molecule has 3 aromatic carbocycles. The van der Waals surface area contributed by atoms with Crippen molar-refractivity contribution in [2.75, 3.05) is 13.6 Å². The predicted molar refractivity (Wildman–Crippen MR) is 162 cm³/mol. The zero-order valence-corrected chi connectivity index (χ0v) is 24.8. The minimum absolute atomic E-state index is 0.0309. The van der Waals surface area contributed by atoms with Crippen LogP contribution >= 0.6 is 11.6 Å². The molecule has 8 nitrogen and oxygen atoms in total. The second-order valence-electron chi connectivity index (χ2n) is 11.8. The Hall–Kier alpha value is -3.82. The molecular weight excluding hydrogens is 572 g/mol. The maximum absolute atomic E-state index is 13.4. The van der Waals surface area contributed by atoms with E-state index in [1.165, 1.54) is 35.9 Å². The SMILES string of the molecule is CN1CCc2c(n(-c3ccc(CC4(NC(=O)NS(=O)(=O)c5ccccc5Cl)CC4)cc3)c3ccc(C4CC4)cc23)C1=O. The Morgan fingerprint density at radius 2 is 1.79 bits per heavy atom. The largest absolute Gasteiger partial charge is 0.340 e. The molecule has 7 rings (SSSR count). The second kappa shape index (κ2) is 9.88. The van der Waals surface area contributed by atoms with Gasteiger partial charge in [-0.25, -0.2) is 17.9 Å². The van der Waals surface area contributed by atoms with Gasteiger partial charge in [0.15, 0.2) is 0 Å². The fourth-order valence-corrected chi connectivity index (χ4v) is 7.54. The summed E-state index contributed by atoms with van der Waals surface area (Å²) in [4.78, 5) is 27.7. The van der Waals surface area contributed by atoms with Crippen LogP contribution in [-0.4, -0.2) is 49.0 Å². The molecule has 0 radical (unpaired) electrons. The van der Waals surface area contributed by atoms with Crippen molar-refractivity contribution in [2.45, 2.75) is 54.9 Å². The Bertz CT molecular complexity index is 1860. The van der Waals surface area contributed by atoms with Gasteiger partial charge in [-0.05, 0) is 97.5 Å². The maximum Gasteiger partial charge on any atom is 0.329 e. The number of amides is 3. The van der Waals surface area contributed by atoms with Gasteiger partial charge in [0.2, 0.25) is 0 Å². The van der Waals surface area contributed by atoms with Crippen LogP contribution < -0.4 is 10.0 Å². The summed E-state index contributed by atoms with van der Waals surface area (Å²) >= 11 is 6.03. The number of carbonyl (C=O) groups excluding carboxylic acids is 2. The highest BCUT2D eigenvalue weighted by Crippen LogP contribution is 2.43. The van der Waals surface area contributed by atoms with Crippen LogP contribution in [0.5, 0.6) is 0 Å². The number of urea groups is 1. The number of halogens is 1. The van der Waals surface area contributed by atoms with E-state index in [1.807, 2.05) is 31.3 Å². The molecule has 0 bridgehead atoms. The van der Waals surface area contributed by atoms with E-state index in [2.05, 4.69) is 32.8 Å². The molecule has 3 aliphatic rings. The summed E-state index contributed by atoms with van der Waals surface area (Å²) in [5.74, 6) is 0.666. The Morgan fingerprint density at radius 3 is 2.48 bits per heavy atom. The average molecular weight is 603 g/mol. The van der Waals surface area contributed by atoms with Crippen LogP contribution in [0.3, 0.4) is 0 Å². The third-order valence-electron chi connectivity index (χ3n) is 8.71. The molecule has 42 heavy (non-hydrogen) atoms. The first-order chi connectivity index (χ1) is 20.1. The van der Waals surface area contributed by atoms with Crippen molar-refractivity contribution >= 4 is 44.5 Å². The number of likely N-dealkylation sites (N-methyl/N-ethyl adjacent to an activating group) is 1. The normalized spacial score (nSPS) is 17.7. The number of aromatic nitrogens is 1. The predicted octanol–water partition coefficient (Wildman–Crippen LogP) is 5.55. The van der Waals surface area contributed by atoms with Gasteiger partial charge in [0, 0.05) is 30.2 Å². The maximum atomic E-state index is 13.4. The number of hydrogen-bond acceptors (Lipinski definition) is 4. The molecule has 0 spiro atoms. The summed E-state index contributed by atoms with van der Waals surface area (Å²) in [5, 5.41) is 4.09. The van der Waals surface area contributed by atoms with Crippen molar-refractivity contribution in [1.82, 2.24) is 19.5 Å². The Kier molecular flexibility index (Phi) is 6.36. The molecule has 2 saturated carbocycles. The molecule has 1 aliphatic heterocycles. The highest BCUT2D eigenvalue weighted by atomic mass is 35.5. The molecule has 10 heteroatoms. The van der Waals surface area contributed by atoms with Crippen molar-refractivity contribution in [3.05, 3.63) is 94.1 Å². The fraction of sp³-hybridized carbons (Fsp3) is 0.312. The van der Waals surface area contributed by atoms with E-state index in [0.29, 0.717) is 18.9 Å². The van der Waals surface area contributed by atoms with Gasteiger partial charge in [0.1, 0.15) is 10.6 Å². The molecule has 216 valence electrons. The number of sulfonamides is 1. The molecule has 3 amide bonds. The third-order valence-corrected chi connectivity index (χ3v) is 10.5. The van der Waals surface area contributed by atoms with Gasteiger partial charge in [-0.3, -0.25) is 4.79 Å². The third kappa shape index (κ3) is 4.84. The van der Waals surface area contributed by atoms with Gasteiger partial charge >= 0.3 is 6.03 Å². The van der Waals surface area contributed by atoms with Crippen LogP contribution in [-0.2, 0) is 22.9 Å². The van der Waals surface area contributed by atoms with Gasteiger partial charge in [0.05, 0.1) is 10.5 Å². The van der Waals surface area contributed by atoms with Gasteiger partial charge in [-0.2, -0.15) is 0 Å². The number of benzene rings is 3. The van der Waals surface area contributed by atoms with Crippen LogP contribution in [0.15, 0.2) is 71.6 Å². The van der Waals surface area contributed by atoms with E-state index in [1.54, 1.807) is 17.0 Å². The first-order valence-corrected chi connectivity index (χ1v) is 16.1. The van der Waals surface area contributed by atoms with Crippen LogP contribution in [0.4, 0.5) is 4.79 Å². The molecule has 2 fully saturated rings. The molecule has 2 N–H and O–H groups in total. The van der Waals surface area contributed by atoms with Gasteiger partial charge in [-0.15, -0.1) is 0 Å². The van der Waals surface area contributed by atoms with Crippen molar-refractivity contribution in [3.8, 4) is 5.69 Å². The van der Waals surface area contributed by atoms with Crippen molar-refractivity contribution in [3.63, 3.8) is 0 Å². The zero-order valence-electron chi connectivity index (χ0n) is 23.2. The molecule has 1 aromatic heterocycles. The highest BCUT2D eigenvalue weighted by Gasteiger charge is 2.44. The average Bonchev–Trinajstić information content (AvgIpc) is 3.89. The number of rotatable bonds is 7. The van der Waals surface area contributed by atoms with E-state index in [-0.39, 0.29) is 15.8 Å². The molecule has 0 unspecified atom stereocenters. The quantitative estimate of drug-likeness (QED) is 0.290. The molecule has 0 saturated heterocycles. The number of fused-ring (bicyclic) bond motifs is 3. The van der Waals surface area contributed by atoms with E-state index in [9.17, 15) is 18.0 Å². The smallest absolute Gasteiger partial charge is 0.329 e. The van der Waals surface area contributed by atoms with Crippen molar-refractivity contribution in [2.24, 2.45) is 0 Å². The Labute approximate surface area is 249 Å². The van der Waals surface area contributed by atoms with Crippen LogP contribution in [0.1, 0.15) is 58.8 Å². The lowest BCUT2D eigenvalue weighted by molar-refractivity contribution is 0.0773. The zero-order chi connectivity index (χ0) is 29.2. The topological polar surface area (TPSA) is 101 Å². The lowest BCUT2D eigenvalue weighted by Gasteiger charge is -2.24. The fourth-order valence-electron chi connectivity index (χ4n) is 6.11. The summed E-state index contributed by atoms with van der Waals surface area (Å²) in [5.41, 5.74) is 5.66. The van der Waals surface area contributed by atoms with E-state index < -0.39 is 21.6 Å². The van der Waals surface area contributed by atoms with E-state index in [0.717, 1.165) is 47.3 Å².